The Kier molecular flexibility index (Phi) is 1.78. The number of halogens is 1. The zero-order valence-corrected chi connectivity index (χ0v) is 7.39. The van der Waals surface area contributed by atoms with E-state index in [1.54, 1.807) is 12.3 Å². The normalized spacial score (nSPS) is 10.4. The minimum Gasteiger partial charge on any atom is -0.297 e. The van der Waals surface area contributed by atoms with Gasteiger partial charge < -0.3 is 0 Å². The number of carbonyl (C=O) groups excluding carboxylic acids is 1. The Labute approximate surface area is 77.0 Å². The van der Waals surface area contributed by atoms with Crippen LogP contribution in [-0.4, -0.2) is 16.3 Å². The molecule has 0 aliphatic rings. The van der Waals surface area contributed by atoms with Gasteiger partial charge in [0, 0.05) is 6.20 Å². The lowest BCUT2D eigenvalue weighted by molar-refractivity contribution is 0.112. The molecule has 0 aliphatic heterocycles. The molecule has 0 saturated heterocycles. The highest BCUT2D eigenvalue weighted by Crippen LogP contribution is 2.22. The quantitative estimate of drug-likeness (QED) is 0.521. The third-order valence-corrected chi connectivity index (χ3v) is 2.54. The number of hydrogen-bond acceptors (Lipinski definition) is 4. The summed E-state index contributed by atoms with van der Waals surface area (Å²) in [7, 11) is 0. The van der Waals surface area contributed by atoms with Crippen LogP contribution in [0.2, 0.25) is 5.28 Å². The minimum atomic E-state index is 0.206. The summed E-state index contributed by atoms with van der Waals surface area (Å²) in [6.07, 6.45) is 2.41. The Morgan fingerprint density at radius 1 is 1.58 bits per heavy atom. The second kappa shape index (κ2) is 2.80. The molecular weight excluding hydrogens is 196 g/mol. The summed E-state index contributed by atoms with van der Waals surface area (Å²) in [6, 6.07) is 1.70. The smallest absolute Gasteiger partial charge is 0.222 e. The van der Waals surface area contributed by atoms with Crippen LogP contribution in [-0.2, 0) is 0 Å². The van der Waals surface area contributed by atoms with Crippen LogP contribution in [0.1, 0.15) is 9.67 Å². The first-order valence-corrected chi connectivity index (χ1v) is 4.36. The second-order valence-electron chi connectivity index (χ2n) is 2.16. The van der Waals surface area contributed by atoms with Crippen molar-refractivity contribution in [1.29, 1.82) is 0 Å². The van der Waals surface area contributed by atoms with Crippen molar-refractivity contribution in [1.82, 2.24) is 9.97 Å². The topological polar surface area (TPSA) is 42.9 Å². The zero-order valence-electron chi connectivity index (χ0n) is 5.82. The number of fused-ring (bicyclic) bond motifs is 1. The average molecular weight is 199 g/mol. The van der Waals surface area contributed by atoms with E-state index in [0.29, 0.717) is 4.88 Å². The fourth-order valence-corrected chi connectivity index (χ4v) is 1.82. The summed E-state index contributed by atoms with van der Waals surface area (Å²) in [6.45, 7) is 0. The molecule has 2 aromatic rings. The van der Waals surface area contributed by atoms with Crippen LogP contribution in [0.3, 0.4) is 0 Å². The number of nitrogens with zero attached hydrogens (tertiary/aromatic N) is 2. The third-order valence-electron chi connectivity index (χ3n) is 1.38. The van der Waals surface area contributed by atoms with E-state index in [0.717, 1.165) is 16.5 Å². The Hall–Kier alpha value is -1.00. The molecule has 3 nitrogen and oxygen atoms in total. The summed E-state index contributed by atoms with van der Waals surface area (Å²) in [4.78, 5) is 18.8. The Balaban J connectivity index is 2.75. The van der Waals surface area contributed by atoms with Crippen LogP contribution in [0, 0.1) is 0 Å². The van der Waals surface area contributed by atoms with Crippen molar-refractivity contribution >= 4 is 39.4 Å². The van der Waals surface area contributed by atoms with Gasteiger partial charge >= 0.3 is 0 Å². The summed E-state index contributed by atoms with van der Waals surface area (Å²) >= 11 is 6.92. The van der Waals surface area contributed by atoms with Gasteiger partial charge in [-0.2, -0.15) is 0 Å². The lowest BCUT2D eigenvalue weighted by Gasteiger charge is -1.86. The summed E-state index contributed by atoms with van der Waals surface area (Å²) in [5.74, 6) is 0. The maximum atomic E-state index is 10.4. The van der Waals surface area contributed by atoms with Crippen molar-refractivity contribution in [3.8, 4) is 0 Å². The first-order chi connectivity index (χ1) is 5.79. The first kappa shape index (κ1) is 7.64. The number of hydrogen-bond donors (Lipinski definition) is 0. The molecule has 0 fully saturated rings. The first-order valence-electron chi connectivity index (χ1n) is 3.17. The molecular formula is C7H3ClN2OS. The molecule has 0 bridgehead atoms. The number of aldehydes is 1. The molecule has 60 valence electrons. The average Bonchev–Trinajstić information content (AvgIpc) is 2.46. The fraction of sp³-hybridized carbons (Fsp3) is 0. The molecule has 0 saturated carbocycles. The van der Waals surface area contributed by atoms with E-state index in [1.807, 2.05) is 0 Å². The lowest BCUT2D eigenvalue weighted by atomic mass is 10.4. The van der Waals surface area contributed by atoms with Crippen LogP contribution >= 0.6 is 22.9 Å². The van der Waals surface area contributed by atoms with Gasteiger partial charge in [0.05, 0.1) is 15.1 Å². The van der Waals surface area contributed by atoms with Gasteiger partial charge in [-0.1, -0.05) is 0 Å². The summed E-state index contributed by atoms with van der Waals surface area (Å²) in [5.41, 5.74) is 0.724. The van der Waals surface area contributed by atoms with Crippen LogP contribution in [0.5, 0.6) is 0 Å². The molecule has 2 aromatic heterocycles. The molecule has 2 rings (SSSR count). The molecule has 0 aliphatic carbocycles. The van der Waals surface area contributed by atoms with Crippen molar-refractivity contribution < 1.29 is 4.79 Å². The predicted molar refractivity (Wildman–Crippen MR) is 47.8 cm³/mol. The molecule has 0 atom stereocenters. The van der Waals surface area contributed by atoms with E-state index in [9.17, 15) is 4.79 Å². The SMILES string of the molecule is O=Cc1cc2nc(Cl)ncc2s1. The van der Waals surface area contributed by atoms with E-state index in [-0.39, 0.29) is 5.28 Å². The third kappa shape index (κ3) is 1.19. The van der Waals surface area contributed by atoms with E-state index in [1.165, 1.54) is 11.3 Å². The Morgan fingerprint density at radius 2 is 2.42 bits per heavy atom. The van der Waals surface area contributed by atoms with Gasteiger partial charge in [0.25, 0.3) is 0 Å². The molecule has 0 N–H and O–H groups in total. The van der Waals surface area contributed by atoms with Gasteiger partial charge in [-0.05, 0) is 17.7 Å². The highest BCUT2D eigenvalue weighted by molar-refractivity contribution is 7.20. The molecule has 12 heavy (non-hydrogen) atoms. The maximum absolute atomic E-state index is 10.4. The molecule has 0 amide bonds. The van der Waals surface area contributed by atoms with E-state index in [4.69, 9.17) is 11.6 Å². The number of aromatic nitrogens is 2. The van der Waals surface area contributed by atoms with Gasteiger partial charge in [-0.3, -0.25) is 4.79 Å². The van der Waals surface area contributed by atoms with Crippen molar-refractivity contribution in [2.24, 2.45) is 0 Å². The van der Waals surface area contributed by atoms with Crippen LogP contribution < -0.4 is 0 Å². The predicted octanol–water partition coefficient (Wildman–Crippen LogP) is 2.16. The van der Waals surface area contributed by atoms with Gasteiger partial charge in [-0.15, -0.1) is 11.3 Å². The molecule has 2 heterocycles. The van der Waals surface area contributed by atoms with E-state index < -0.39 is 0 Å². The Morgan fingerprint density at radius 3 is 3.17 bits per heavy atom. The highest BCUT2D eigenvalue weighted by Gasteiger charge is 2.02. The molecule has 0 spiro atoms. The second-order valence-corrected chi connectivity index (χ2v) is 3.61. The molecule has 5 heteroatoms. The van der Waals surface area contributed by atoms with Crippen molar-refractivity contribution in [2.45, 2.75) is 0 Å². The fourth-order valence-electron chi connectivity index (χ4n) is 0.893. The van der Waals surface area contributed by atoms with Gasteiger partial charge in [0.15, 0.2) is 6.29 Å². The largest absolute Gasteiger partial charge is 0.297 e. The number of rotatable bonds is 1. The van der Waals surface area contributed by atoms with Gasteiger partial charge in [-0.25, -0.2) is 9.97 Å². The standard InChI is InChI=1S/C7H3ClN2OS/c8-7-9-2-6-5(10-7)1-4(3-11)12-6/h1-3H. The molecule has 0 unspecified atom stereocenters. The number of thiophene rings is 1. The molecule has 0 aromatic carbocycles. The number of carbonyl (C=O) groups is 1. The van der Waals surface area contributed by atoms with E-state index in [2.05, 4.69) is 9.97 Å². The maximum Gasteiger partial charge on any atom is 0.222 e. The van der Waals surface area contributed by atoms with Crippen molar-refractivity contribution in [2.75, 3.05) is 0 Å². The zero-order chi connectivity index (χ0) is 8.55. The van der Waals surface area contributed by atoms with Crippen LogP contribution in [0.25, 0.3) is 10.2 Å². The monoisotopic (exact) mass is 198 g/mol. The van der Waals surface area contributed by atoms with Crippen molar-refractivity contribution in [3.63, 3.8) is 0 Å². The summed E-state index contributed by atoms with van der Waals surface area (Å²) < 4.78 is 0.876. The van der Waals surface area contributed by atoms with Gasteiger partial charge in [0.2, 0.25) is 5.28 Å². The summed E-state index contributed by atoms with van der Waals surface area (Å²) in [5, 5.41) is 0.206. The van der Waals surface area contributed by atoms with Crippen LogP contribution in [0.15, 0.2) is 12.3 Å². The van der Waals surface area contributed by atoms with E-state index >= 15 is 0 Å². The molecule has 0 radical (unpaired) electrons. The van der Waals surface area contributed by atoms with Crippen molar-refractivity contribution in [3.05, 3.63) is 22.4 Å². The van der Waals surface area contributed by atoms with Gasteiger partial charge in [0.1, 0.15) is 0 Å². The minimum absolute atomic E-state index is 0.206. The lowest BCUT2D eigenvalue weighted by Crippen LogP contribution is -1.78. The van der Waals surface area contributed by atoms with Crippen LogP contribution in [0.4, 0.5) is 0 Å². The Bertz CT molecular complexity index is 440. The highest BCUT2D eigenvalue weighted by atomic mass is 35.5.